The average Bonchev–Trinajstić information content (AvgIpc) is 3.00. The Morgan fingerprint density at radius 1 is 1.39 bits per heavy atom. The van der Waals surface area contributed by atoms with Crippen LogP contribution in [0.15, 0.2) is 42.1 Å². The smallest absolute Gasteiger partial charge is 0.405 e. The van der Waals surface area contributed by atoms with Crippen LogP contribution >= 0.6 is 23.4 Å². The zero-order valence-electron chi connectivity index (χ0n) is 14.9. The lowest BCUT2D eigenvalue weighted by Crippen LogP contribution is -2.38. The van der Waals surface area contributed by atoms with Crippen molar-refractivity contribution in [3.05, 3.63) is 47.8 Å². The van der Waals surface area contributed by atoms with Crippen LogP contribution < -0.4 is 10.1 Å². The molecule has 2 rings (SSSR count). The first kappa shape index (κ1) is 22.1. The Kier molecular flexibility index (Phi) is 7.76. The fourth-order valence-corrected chi connectivity index (χ4v) is 3.07. The summed E-state index contributed by atoms with van der Waals surface area (Å²) in [4.78, 5) is 11.9. The van der Waals surface area contributed by atoms with Crippen LogP contribution in [0, 0.1) is 0 Å². The fourth-order valence-electron chi connectivity index (χ4n) is 2.05. The fraction of sp³-hybridized carbons (Fsp3) is 0.353. The number of nitrogens with one attached hydrogen (secondary N) is 1. The number of carbonyl (C=O) groups excluding carboxylic acids is 1. The number of aromatic nitrogens is 3. The first-order chi connectivity index (χ1) is 13.2. The van der Waals surface area contributed by atoms with Gasteiger partial charge in [0.05, 0.1) is 5.25 Å². The number of carbonyl (C=O) groups is 1. The molecule has 1 unspecified atom stereocenters. The SMILES string of the molecule is C=CCn1c(COc2ccc(Cl)cc2)nnc1SC(C)C(=O)NCC(F)(F)F. The Bertz CT molecular complexity index is 812. The Balaban J connectivity index is 2.03. The largest absolute Gasteiger partial charge is 0.486 e. The number of amides is 1. The van der Waals surface area contributed by atoms with E-state index < -0.39 is 23.9 Å². The average molecular weight is 435 g/mol. The van der Waals surface area contributed by atoms with Crippen molar-refractivity contribution in [3.8, 4) is 5.75 Å². The molecule has 0 aliphatic heterocycles. The molecule has 0 aliphatic carbocycles. The lowest BCUT2D eigenvalue weighted by molar-refractivity contribution is -0.137. The highest BCUT2D eigenvalue weighted by molar-refractivity contribution is 8.00. The van der Waals surface area contributed by atoms with E-state index in [1.54, 1.807) is 34.9 Å². The minimum atomic E-state index is -4.46. The second-order valence-corrected chi connectivity index (χ2v) is 7.38. The van der Waals surface area contributed by atoms with Gasteiger partial charge in [-0.3, -0.25) is 9.36 Å². The normalized spacial score (nSPS) is 12.5. The molecule has 1 aromatic heterocycles. The molecule has 2 aromatic rings. The molecule has 11 heteroatoms. The molecule has 0 spiro atoms. The third-order valence-corrected chi connectivity index (χ3v) is 4.73. The quantitative estimate of drug-likeness (QED) is 0.479. The molecule has 0 saturated heterocycles. The molecule has 1 heterocycles. The standard InChI is InChI=1S/C17H18ClF3N4O2S/c1-3-8-25-14(9-27-13-6-4-12(18)5-7-13)23-24-16(25)28-11(2)15(26)22-10-17(19,20)21/h3-7,11H,1,8-10H2,2H3,(H,22,26). The highest BCUT2D eigenvalue weighted by atomic mass is 35.5. The Morgan fingerprint density at radius 3 is 2.68 bits per heavy atom. The van der Waals surface area contributed by atoms with Gasteiger partial charge in [0.2, 0.25) is 5.91 Å². The van der Waals surface area contributed by atoms with Gasteiger partial charge in [0.25, 0.3) is 0 Å². The molecule has 1 aromatic carbocycles. The maximum atomic E-state index is 12.2. The number of hydrogen-bond acceptors (Lipinski definition) is 5. The van der Waals surface area contributed by atoms with Crippen LogP contribution in [-0.4, -0.2) is 38.6 Å². The van der Waals surface area contributed by atoms with E-state index in [-0.39, 0.29) is 6.61 Å². The van der Waals surface area contributed by atoms with E-state index in [1.165, 1.54) is 6.92 Å². The first-order valence-electron chi connectivity index (χ1n) is 8.12. The van der Waals surface area contributed by atoms with Gasteiger partial charge in [-0.05, 0) is 31.2 Å². The molecule has 6 nitrogen and oxygen atoms in total. The maximum absolute atomic E-state index is 12.2. The van der Waals surface area contributed by atoms with Crippen molar-refractivity contribution in [3.63, 3.8) is 0 Å². The van der Waals surface area contributed by atoms with Gasteiger partial charge in [-0.2, -0.15) is 13.2 Å². The van der Waals surface area contributed by atoms with Gasteiger partial charge in [0, 0.05) is 11.6 Å². The Morgan fingerprint density at radius 2 is 2.07 bits per heavy atom. The van der Waals surface area contributed by atoms with Crippen LogP contribution in [0.4, 0.5) is 13.2 Å². The van der Waals surface area contributed by atoms with Crippen molar-refractivity contribution in [2.45, 2.75) is 36.7 Å². The van der Waals surface area contributed by atoms with Gasteiger partial charge in [-0.1, -0.05) is 29.4 Å². The minimum absolute atomic E-state index is 0.109. The van der Waals surface area contributed by atoms with Gasteiger partial charge in [-0.25, -0.2) is 0 Å². The molecule has 0 fully saturated rings. The maximum Gasteiger partial charge on any atom is 0.405 e. The van der Waals surface area contributed by atoms with E-state index in [2.05, 4.69) is 16.8 Å². The monoisotopic (exact) mass is 434 g/mol. The van der Waals surface area contributed by atoms with Crippen molar-refractivity contribution in [2.24, 2.45) is 0 Å². The zero-order chi connectivity index (χ0) is 20.7. The summed E-state index contributed by atoms with van der Waals surface area (Å²) in [5, 5.41) is 10.1. The van der Waals surface area contributed by atoms with Gasteiger partial charge < -0.3 is 10.1 Å². The summed E-state index contributed by atoms with van der Waals surface area (Å²) in [6, 6.07) is 6.79. The number of rotatable bonds is 9. The van der Waals surface area contributed by atoms with Gasteiger partial charge in [0.15, 0.2) is 11.0 Å². The lowest BCUT2D eigenvalue weighted by atomic mass is 10.3. The minimum Gasteiger partial charge on any atom is -0.486 e. The van der Waals surface area contributed by atoms with E-state index in [0.717, 1.165) is 11.8 Å². The van der Waals surface area contributed by atoms with Crippen molar-refractivity contribution in [1.82, 2.24) is 20.1 Å². The second kappa shape index (κ2) is 9.83. The van der Waals surface area contributed by atoms with E-state index >= 15 is 0 Å². The van der Waals surface area contributed by atoms with Crippen molar-refractivity contribution in [1.29, 1.82) is 0 Å². The molecular formula is C17H18ClF3N4O2S. The number of thioether (sulfide) groups is 1. The van der Waals surface area contributed by atoms with Crippen LogP contribution in [0.25, 0.3) is 0 Å². The number of nitrogens with zero attached hydrogens (tertiary/aromatic N) is 3. The molecule has 1 atom stereocenters. The molecule has 1 amide bonds. The van der Waals surface area contributed by atoms with E-state index in [9.17, 15) is 18.0 Å². The summed E-state index contributed by atoms with van der Waals surface area (Å²) in [7, 11) is 0. The summed E-state index contributed by atoms with van der Waals surface area (Å²) in [6.45, 7) is 4.25. The van der Waals surface area contributed by atoms with Crippen LogP contribution in [0.5, 0.6) is 5.75 Å². The Hall–Kier alpha value is -2.20. The predicted molar refractivity (Wildman–Crippen MR) is 100 cm³/mol. The molecule has 0 radical (unpaired) electrons. The van der Waals surface area contributed by atoms with Gasteiger partial charge in [0.1, 0.15) is 18.9 Å². The summed E-state index contributed by atoms with van der Waals surface area (Å²) in [5.74, 6) is 0.335. The zero-order valence-corrected chi connectivity index (χ0v) is 16.4. The second-order valence-electron chi connectivity index (χ2n) is 5.63. The molecule has 1 N–H and O–H groups in total. The van der Waals surface area contributed by atoms with Crippen molar-refractivity contribution < 1.29 is 22.7 Å². The van der Waals surface area contributed by atoms with E-state index in [1.807, 2.05) is 5.32 Å². The molecule has 152 valence electrons. The third-order valence-electron chi connectivity index (χ3n) is 3.40. The lowest BCUT2D eigenvalue weighted by Gasteiger charge is -2.14. The van der Waals surface area contributed by atoms with Crippen molar-refractivity contribution >= 4 is 29.3 Å². The number of halogens is 4. The number of hydrogen-bond donors (Lipinski definition) is 1. The molecule has 0 bridgehead atoms. The third kappa shape index (κ3) is 6.75. The summed E-state index contributed by atoms with van der Waals surface area (Å²) in [6.07, 6.45) is -2.84. The summed E-state index contributed by atoms with van der Waals surface area (Å²) < 4.78 is 44.0. The molecule has 28 heavy (non-hydrogen) atoms. The Labute approximate surface area is 169 Å². The topological polar surface area (TPSA) is 69.0 Å². The number of benzene rings is 1. The summed E-state index contributed by atoms with van der Waals surface area (Å²) in [5.41, 5.74) is 0. The van der Waals surface area contributed by atoms with Crippen LogP contribution in [0.1, 0.15) is 12.7 Å². The first-order valence-corrected chi connectivity index (χ1v) is 9.38. The van der Waals surface area contributed by atoms with E-state index in [0.29, 0.717) is 28.3 Å². The summed E-state index contributed by atoms with van der Waals surface area (Å²) >= 11 is 6.83. The number of allylic oxidation sites excluding steroid dienone is 1. The molecule has 0 aliphatic rings. The highest BCUT2D eigenvalue weighted by Crippen LogP contribution is 2.24. The van der Waals surface area contributed by atoms with Crippen LogP contribution in [-0.2, 0) is 17.9 Å². The van der Waals surface area contributed by atoms with Gasteiger partial charge in [-0.15, -0.1) is 16.8 Å². The van der Waals surface area contributed by atoms with Crippen LogP contribution in [0.3, 0.4) is 0 Å². The van der Waals surface area contributed by atoms with Crippen LogP contribution in [0.2, 0.25) is 5.02 Å². The van der Waals surface area contributed by atoms with Gasteiger partial charge >= 0.3 is 6.18 Å². The predicted octanol–water partition coefficient (Wildman–Crippen LogP) is 3.86. The molecule has 0 saturated carbocycles. The van der Waals surface area contributed by atoms with Crippen molar-refractivity contribution in [2.75, 3.05) is 6.54 Å². The molecular weight excluding hydrogens is 417 g/mol. The number of alkyl halides is 3. The van der Waals surface area contributed by atoms with E-state index in [4.69, 9.17) is 16.3 Å². The number of ether oxygens (including phenoxy) is 1. The highest BCUT2D eigenvalue weighted by Gasteiger charge is 2.29.